The molecule has 4 heteroatoms. The van der Waals surface area contributed by atoms with E-state index >= 15 is 0 Å². The molecule has 2 heterocycles. The first-order valence-corrected chi connectivity index (χ1v) is 28.9. The fourth-order valence-corrected chi connectivity index (χ4v) is 14.0. The topological polar surface area (TPSA) is 13.0 Å². The van der Waals surface area contributed by atoms with E-state index in [2.05, 4.69) is 299 Å². The summed E-state index contributed by atoms with van der Waals surface area (Å²) < 4.78 is 0. The van der Waals surface area contributed by atoms with Crippen molar-refractivity contribution in [1.29, 1.82) is 0 Å². The van der Waals surface area contributed by atoms with E-state index in [-0.39, 0.29) is 0 Å². The first-order chi connectivity index (χ1) is 39.7. The molecule has 2 fully saturated rings. The minimum absolute atomic E-state index is 0.545. The van der Waals surface area contributed by atoms with Crippen molar-refractivity contribution in [2.75, 3.05) is 19.6 Å². The van der Waals surface area contributed by atoms with Gasteiger partial charge in [0.1, 0.15) is 0 Å². The van der Waals surface area contributed by atoms with Gasteiger partial charge in [0.15, 0.2) is 0 Å². The molecule has 2 aliphatic carbocycles. The van der Waals surface area contributed by atoms with Crippen LogP contribution in [0.25, 0.3) is 44.5 Å². The van der Waals surface area contributed by atoms with Crippen LogP contribution in [-0.2, 0) is 0 Å². The van der Waals surface area contributed by atoms with E-state index in [0.29, 0.717) is 23.9 Å². The first kappa shape index (κ1) is 47.8. The summed E-state index contributed by atoms with van der Waals surface area (Å²) in [7, 11) is 0. The Balaban J connectivity index is 0.653. The van der Waals surface area contributed by atoms with Gasteiger partial charge < -0.3 is 19.6 Å². The lowest BCUT2D eigenvalue weighted by atomic mass is 9.94. The molecule has 0 N–H and O–H groups in total. The highest BCUT2D eigenvalue weighted by Gasteiger charge is 2.43. The van der Waals surface area contributed by atoms with Crippen molar-refractivity contribution in [2.45, 2.75) is 62.4 Å². The molecule has 0 aromatic heterocycles. The third kappa shape index (κ3) is 8.64. The van der Waals surface area contributed by atoms with Gasteiger partial charge in [-0.3, -0.25) is 0 Å². The fraction of sp³-hybridized carbons (Fsp3) is 0.132. The van der Waals surface area contributed by atoms with Gasteiger partial charge in [-0.1, -0.05) is 171 Å². The zero-order valence-electron chi connectivity index (χ0n) is 44.9. The lowest BCUT2D eigenvalue weighted by Gasteiger charge is -2.27. The first-order valence-electron chi connectivity index (χ1n) is 28.9. The van der Waals surface area contributed by atoms with Gasteiger partial charge in [-0.25, -0.2) is 0 Å². The van der Waals surface area contributed by atoms with Crippen molar-refractivity contribution in [2.24, 2.45) is 0 Å². The molecule has 386 valence electrons. The minimum atomic E-state index is 0.545. The van der Waals surface area contributed by atoms with Gasteiger partial charge in [0.05, 0.1) is 0 Å². The molecular weight excluding hydrogens is 969 g/mol. The highest BCUT2D eigenvalue weighted by atomic mass is 15.2. The van der Waals surface area contributed by atoms with Crippen LogP contribution in [-0.4, -0.2) is 12.1 Å². The van der Waals surface area contributed by atoms with E-state index in [1.807, 2.05) is 0 Å². The predicted molar refractivity (Wildman–Crippen MR) is 335 cm³/mol. The molecular formula is C76H62N4. The monoisotopic (exact) mass is 1030 g/mol. The smallest absolute Gasteiger partial charge is 0.0462 e. The van der Waals surface area contributed by atoms with Crippen LogP contribution in [0.5, 0.6) is 0 Å². The number of fused-ring (bicyclic) bond motifs is 6. The van der Waals surface area contributed by atoms with Gasteiger partial charge in [-0.05, 0) is 203 Å². The van der Waals surface area contributed by atoms with E-state index in [0.717, 1.165) is 34.1 Å². The van der Waals surface area contributed by atoms with Crippen molar-refractivity contribution in [3.8, 4) is 44.5 Å². The Morgan fingerprint density at radius 2 is 0.512 bits per heavy atom. The number of para-hydroxylation sites is 4. The highest BCUT2D eigenvalue weighted by molar-refractivity contribution is 5.85. The molecule has 4 nitrogen and oxygen atoms in total. The largest absolute Gasteiger partial charge is 0.338 e. The van der Waals surface area contributed by atoms with Gasteiger partial charge >= 0.3 is 0 Å². The van der Waals surface area contributed by atoms with Crippen LogP contribution in [0.4, 0.5) is 56.9 Å². The van der Waals surface area contributed by atoms with Crippen LogP contribution in [0.3, 0.4) is 0 Å². The van der Waals surface area contributed by atoms with Crippen molar-refractivity contribution in [3.63, 3.8) is 0 Å². The maximum atomic E-state index is 2.61. The van der Waals surface area contributed by atoms with E-state index in [1.165, 1.54) is 117 Å². The van der Waals surface area contributed by atoms with Gasteiger partial charge in [-0.2, -0.15) is 0 Å². The van der Waals surface area contributed by atoms with Crippen LogP contribution < -0.4 is 19.6 Å². The molecule has 11 aromatic carbocycles. The molecule has 0 saturated heterocycles. The average Bonchev–Trinajstić information content (AvgIpc) is 4.50. The van der Waals surface area contributed by atoms with E-state index in [1.54, 1.807) is 0 Å². The summed E-state index contributed by atoms with van der Waals surface area (Å²) in [5, 5.41) is 0. The van der Waals surface area contributed by atoms with E-state index in [9.17, 15) is 0 Å². The summed E-state index contributed by atoms with van der Waals surface area (Å²) in [5.41, 5.74) is 24.9. The number of anilines is 10. The van der Waals surface area contributed by atoms with E-state index < -0.39 is 0 Å². The average molecular weight is 1030 g/mol. The molecule has 0 spiro atoms. The Kier molecular flexibility index (Phi) is 12.2. The Morgan fingerprint density at radius 1 is 0.250 bits per heavy atom. The SMILES string of the molecule is c1ccc(N(c2ccc(-c3ccc(-c4ccc(N(c5ccccc5)c5ccc(-c6ccc7c(c6)C6CCCC6N7c6ccccc6)cc5)cc4)cc3)cc2)c2ccc(-c3ccc4c(c3)C3CCCC3N4c3ccccc3)cc2)cc1. The second-order valence-electron chi connectivity index (χ2n) is 22.3. The highest BCUT2D eigenvalue weighted by Crippen LogP contribution is 2.55. The summed E-state index contributed by atoms with van der Waals surface area (Å²) >= 11 is 0. The Morgan fingerprint density at radius 3 is 0.838 bits per heavy atom. The summed E-state index contributed by atoms with van der Waals surface area (Å²) in [6.07, 6.45) is 7.59. The third-order valence-electron chi connectivity index (χ3n) is 17.8. The molecule has 2 aliphatic heterocycles. The van der Waals surface area contributed by atoms with Crippen molar-refractivity contribution in [3.05, 3.63) is 290 Å². The summed E-state index contributed by atoms with van der Waals surface area (Å²) in [6, 6.07) is 104. The number of hydrogen-bond acceptors (Lipinski definition) is 4. The van der Waals surface area contributed by atoms with Gasteiger partial charge in [0.2, 0.25) is 0 Å². The predicted octanol–water partition coefficient (Wildman–Crippen LogP) is 20.9. The van der Waals surface area contributed by atoms with Crippen LogP contribution in [0, 0.1) is 0 Å². The van der Waals surface area contributed by atoms with Gasteiger partial charge in [-0.15, -0.1) is 0 Å². The lowest BCUT2D eigenvalue weighted by molar-refractivity contribution is 0.642. The second kappa shape index (κ2) is 20.4. The van der Waals surface area contributed by atoms with Crippen LogP contribution in [0.15, 0.2) is 279 Å². The molecule has 0 radical (unpaired) electrons. The summed E-state index contributed by atoms with van der Waals surface area (Å²) in [4.78, 5) is 9.93. The van der Waals surface area contributed by atoms with Crippen LogP contribution in [0.2, 0.25) is 0 Å². The molecule has 0 bridgehead atoms. The normalized spacial score (nSPS) is 17.6. The third-order valence-corrected chi connectivity index (χ3v) is 17.8. The van der Waals surface area contributed by atoms with Crippen LogP contribution in [0.1, 0.15) is 61.5 Å². The fourth-order valence-electron chi connectivity index (χ4n) is 14.0. The molecule has 15 rings (SSSR count). The minimum Gasteiger partial charge on any atom is -0.338 e. The number of benzene rings is 11. The summed E-state index contributed by atoms with van der Waals surface area (Å²) in [5.74, 6) is 1.17. The zero-order valence-corrected chi connectivity index (χ0v) is 44.9. The summed E-state index contributed by atoms with van der Waals surface area (Å²) in [6.45, 7) is 0. The maximum Gasteiger partial charge on any atom is 0.0462 e. The van der Waals surface area contributed by atoms with Crippen LogP contribution >= 0.6 is 0 Å². The molecule has 4 aliphatic rings. The molecule has 0 amide bonds. The molecule has 4 atom stereocenters. The Labute approximate surface area is 471 Å². The Bertz CT molecular complexity index is 3680. The second-order valence-corrected chi connectivity index (χ2v) is 22.3. The quantitative estimate of drug-likeness (QED) is 0.121. The number of nitrogens with zero attached hydrogens (tertiary/aromatic N) is 4. The van der Waals surface area contributed by atoms with E-state index in [4.69, 9.17) is 0 Å². The molecule has 2 saturated carbocycles. The zero-order chi connectivity index (χ0) is 52.9. The number of hydrogen-bond donors (Lipinski definition) is 0. The maximum absolute atomic E-state index is 2.61. The lowest BCUT2D eigenvalue weighted by Crippen LogP contribution is -2.26. The Hall–Kier alpha value is -9.38. The van der Waals surface area contributed by atoms with Crippen molar-refractivity contribution in [1.82, 2.24) is 0 Å². The van der Waals surface area contributed by atoms with Gasteiger partial charge in [0.25, 0.3) is 0 Å². The molecule has 4 unspecified atom stereocenters. The van der Waals surface area contributed by atoms with Crippen molar-refractivity contribution >= 4 is 56.9 Å². The molecule has 11 aromatic rings. The standard InChI is InChI=1S/C76H62N4/c1-5-15-61(16-6-1)77(67-45-35-57(36-46-67)59-39-49-75-71(51-59)69-23-13-25-73(69)79(75)63-19-9-3-10-20-63)65-41-31-55(32-42-65)53-27-29-54(30-28-53)56-33-43-66(44-34-56)78(62-17-7-2-8-18-62)68-47-37-58(38-48-68)60-40-50-76-72(52-60)70-24-14-26-74(70)80(76)64-21-11-4-12-22-64/h1-12,15-22,27-52,69-70,73-74H,13-14,23-26H2. The van der Waals surface area contributed by atoms with Gasteiger partial charge in [0, 0.05) is 80.8 Å². The molecule has 80 heavy (non-hydrogen) atoms. The number of rotatable bonds is 12. The van der Waals surface area contributed by atoms with Crippen molar-refractivity contribution < 1.29 is 0 Å².